The average molecular weight is 367 g/mol. The van der Waals surface area contributed by atoms with Crippen molar-refractivity contribution in [1.29, 1.82) is 0 Å². The first-order chi connectivity index (χ1) is 13.0. The minimum Gasteiger partial charge on any atom is -0.304 e. The van der Waals surface area contributed by atoms with Crippen molar-refractivity contribution in [2.24, 2.45) is 0 Å². The topological polar surface area (TPSA) is 77.7 Å². The Kier molecular flexibility index (Phi) is 4.61. The Hall–Kier alpha value is -2.80. The Morgan fingerprint density at radius 3 is 2.63 bits per heavy atom. The summed E-state index contributed by atoms with van der Waals surface area (Å²) in [7, 11) is 2.06. The molecule has 0 spiro atoms. The minimum absolute atomic E-state index is 0.0997. The Morgan fingerprint density at radius 2 is 1.96 bits per heavy atom. The molecule has 1 saturated carbocycles. The Morgan fingerprint density at radius 1 is 1.22 bits per heavy atom. The molecule has 4 rings (SSSR count). The molecule has 1 fully saturated rings. The second kappa shape index (κ2) is 7.08. The summed E-state index contributed by atoms with van der Waals surface area (Å²) in [6.07, 6.45) is 2.50. The molecule has 1 aliphatic rings. The highest BCUT2D eigenvalue weighted by Crippen LogP contribution is 2.39. The molecule has 1 aromatic carbocycles. The first-order valence-corrected chi connectivity index (χ1v) is 9.08. The van der Waals surface area contributed by atoms with Crippen LogP contribution < -0.4 is 5.56 Å². The molecule has 2 heterocycles. The van der Waals surface area contributed by atoms with Gasteiger partial charge in [-0.2, -0.15) is 9.49 Å². The van der Waals surface area contributed by atoms with Gasteiger partial charge < -0.3 is 4.98 Å². The van der Waals surface area contributed by atoms with E-state index in [0.717, 1.165) is 29.9 Å². The largest absolute Gasteiger partial charge is 0.304 e. The van der Waals surface area contributed by atoms with Crippen molar-refractivity contribution in [3.8, 4) is 11.4 Å². The van der Waals surface area contributed by atoms with E-state index in [0.29, 0.717) is 11.7 Å². The van der Waals surface area contributed by atoms with E-state index in [9.17, 15) is 9.18 Å². The molecule has 2 aromatic heterocycles. The highest BCUT2D eigenvalue weighted by atomic mass is 19.1. The zero-order valence-corrected chi connectivity index (χ0v) is 15.4. The summed E-state index contributed by atoms with van der Waals surface area (Å²) in [6.45, 7) is 3.07. The normalized spacial score (nSPS) is 14.1. The molecule has 0 bridgehead atoms. The first-order valence-electron chi connectivity index (χ1n) is 9.08. The van der Waals surface area contributed by atoms with E-state index in [1.807, 2.05) is 24.3 Å². The number of hydrogen-bond donors (Lipinski definition) is 2. The molecule has 27 heavy (non-hydrogen) atoms. The number of hydrogen-bond acceptors (Lipinski definition) is 4. The molecule has 2 N–H and O–H groups in total. The molecule has 140 valence electrons. The van der Waals surface area contributed by atoms with Gasteiger partial charge in [0.15, 0.2) is 0 Å². The number of nitrogens with one attached hydrogen (secondary N) is 2. The van der Waals surface area contributed by atoms with Crippen LogP contribution in [0.25, 0.3) is 11.4 Å². The Labute approximate surface area is 156 Å². The number of nitrogens with zero attached hydrogens (tertiary/aromatic N) is 3. The van der Waals surface area contributed by atoms with Crippen LogP contribution in [0.4, 0.5) is 4.39 Å². The van der Waals surface area contributed by atoms with Crippen LogP contribution in [-0.4, -0.2) is 32.1 Å². The second-order valence-corrected chi connectivity index (χ2v) is 7.28. The van der Waals surface area contributed by atoms with Crippen LogP contribution in [0.1, 0.15) is 41.4 Å². The molecule has 1 aliphatic carbocycles. The monoisotopic (exact) mass is 367 g/mol. The average Bonchev–Trinajstić information content (AvgIpc) is 3.39. The molecule has 3 aromatic rings. The van der Waals surface area contributed by atoms with Gasteiger partial charge >= 0.3 is 0 Å². The van der Waals surface area contributed by atoms with E-state index in [1.165, 1.54) is 25.5 Å². The number of aromatic nitrogens is 4. The molecule has 0 saturated heterocycles. The highest BCUT2D eigenvalue weighted by Gasteiger charge is 2.26. The maximum absolute atomic E-state index is 13.4. The Bertz CT molecular complexity index is 1000. The van der Waals surface area contributed by atoms with Gasteiger partial charge in [0.1, 0.15) is 5.82 Å². The van der Waals surface area contributed by atoms with E-state index < -0.39 is 11.4 Å². The minimum atomic E-state index is -0.833. The molecule has 0 unspecified atom stereocenters. The highest BCUT2D eigenvalue weighted by molar-refractivity contribution is 5.55. The molecule has 0 amide bonds. The smallest absolute Gasteiger partial charge is 0.287 e. The quantitative estimate of drug-likeness (QED) is 0.702. The molecule has 6 nitrogen and oxygen atoms in total. The number of aryl methyl sites for hydroxylation is 1. The van der Waals surface area contributed by atoms with Gasteiger partial charge in [0, 0.05) is 30.3 Å². The van der Waals surface area contributed by atoms with Crippen molar-refractivity contribution in [3.05, 3.63) is 69.1 Å². The van der Waals surface area contributed by atoms with Crippen LogP contribution in [0.5, 0.6) is 0 Å². The zero-order valence-electron chi connectivity index (χ0n) is 15.4. The van der Waals surface area contributed by atoms with Crippen molar-refractivity contribution in [2.75, 3.05) is 7.05 Å². The lowest BCUT2D eigenvalue weighted by Gasteiger charge is -2.15. The maximum atomic E-state index is 13.4. The summed E-state index contributed by atoms with van der Waals surface area (Å²) in [5.74, 6) is 0.201. The standard InChI is InChI=1S/C20H22FN5O/c1-12-18(21)20(27)23-19(22-12)15-5-3-13(4-6-15)10-26(2)11-16-9-17(25-24-16)14-7-8-14/h3-6,9,14H,7-8,10-11H2,1-2H3,(H,24,25)(H,22,23,27). The predicted molar refractivity (Wildman–Crippen MR) is 101 cm³/mol. The van der Waals surface area contributed by atoms with Crippen molar-refractivity contribution in [3.63, 3.8) is 0 Å². The zero-order chi connectivity index (χ0) is 19.0. The van der Waals surface area contributed by atoms with Crippen LogP contribution in [0.3, 0.4) is 0 Å². The fraction of sp³-hybridized carbons (Fsp3) is 0.350. The van der Waals surface area contributed by atoms with E-state index in [-0.39, 0.29) is 5.69 Å². The predicted octanol–water partition coefficient (Wildman–Crippen LogP) is 3.12. The summed E-state index contributed by atoms with van der Waals surface area (Å²) in [6, 6.07) is 9.93. The van der Waals surface area contributed by atoms with Gasteiger partial charge in [0.25, 0.3) is 5.56 Å². The van der Waals surface area contributed by atoms with Gasteiger partial charge in [-0.05, 0) is 38.4 Å². The summed E-state index contributed by atoms with van der Waals surface area (Å²) >= 11 is 0. The first kappa shape index (κ1) is 17.6. The van der Waals surface area contributed by atoms with Crippen LogP contribution in [0.2, 0.25) is 0 Å². The second-order valence-electron chi connectivity index (χ2n) is 7.28. The van der Waals surface area contributed by atoms with Crippen LogP contribution >= 0.6 is 0 Å². The Balaban J connectivity index is 1.41. The number of halogens is 1. The van der Waals surface area contributed by atoms with E-state index >= 15 is 0 Å². The fourth-order valence-corrected chi connectivity index (χ4v) is 3.18. The third kappa shape index (κ3) is 3.98. The van der Waals surface area contributed by atoms with E-state index in [2.05, 4.69) is 38.2 Å². The number of benzene rings is 1. The van der Waals surface area contributed by atoms with Crippen molar-refractivity contribution in [2.45, 2.75) is 38.8 Å². The van der Waals surface area contributed by atoms with Gasteiger partial charge in [-0.1, -0.05) is 24.3 Å². The van der Waals surface area contributed by atoms with Gasteiger partial charge in [-0.25, -0.2) is 4.98 Å². The van der Waals surface area contributed by atoms with Gasteiger partial charge in [-0.3, -0.25) is 14.8 Å². The van der Waals surface area contributed by atoms with Crippen molar-refractivity contribution < 1.29 is 4.39 Å². The van der Waals surface area contributed by atoms with Crippen molar-refractivity contribution in [1.82, 2.24) is 25.1 Å². The van der Waals surface area contributed by atoms with Gasteiger partial charge in [0.05, 0.1) is 11.4 Å². The SMILES string of the molecule is Cc1nc(-c2ccc(CN(C)Cc3cc(C4CC4)n[nH]3)cc2)[nH]c(=O)c1F. The summed E-state index contributed by atoms with van der Waals surface area (Å²) in [5.41, 5.74) is 3.56. The lowest BCUT2D eigenvalue weighted by molar-refractivity contribution is 0.315. The molecule has 0 radical (unpaired) electrons. The maximum Gasteiger partial charge on any atom is 0.287 e. The molecule has 0 atom stereocenters. The fourth-order valence-electron chi connectivity index (χ4n) is 3.18. The van der Waals surface area contributed by atoms with Crippen LogP contribution in [-0.2, 0) is 13.1 Å². The third-order valence-corrected chi connectivity index (χ3v) is 4.79. The van der Waals surface area contributed by atoms with E-state index in [1.54, 1.807) is 0 Å². The van der Waals surface area contributed by atoms with E-state index in [4.69, 9.17) is 0 Å². The molecule has 7 heteroatoms. The molecular weight excluding hydrogens is 345 g/mol. The van der Waals surface area contributed by atoms with Gasteiger partial charge in [0.2, 0.25) is 5.82 Å². The summed E-state index contributed by atoms with van der Waals surface area (Å²) < 4.78 is 13.4. The molecular formula is C20H22FN5O. The summed E-state index contributed by atoms with van der Waals surface area (Å²) in [4.78, 5) is 20.4. The summed E-state index contributed by atoms with van der Waals surface area (Å²) in [5, 5.41) is 7.51. The number of H-pyrrole nitrogens is 2. The lowest BCUT2D eigenvalue weighted by Crippen LogP contribution is -2.17. The number of aromatic amines is 2. The van der Waals surface area contributed by atoms with Crippen molar-refractivity contribution >= 4 is 0 Å². The molecule has 0 aliphatic heterocycles. The van der Waals surface area contributed by atoms with Crippen LogP contribution in [0.15, 0.2) is 35.1 Å². The lowest BCUT2D eigenvalue weighted by atomic mass is 10.1. The van der Waals surface area contributed by atoms with Crippen LogP contribution in [0, 0.1) is 12.7 Å². The third-order valence-electron chi connectivity index (χ3n) is 4.79. The number of rotatable bonds is 6. The van der Waals surface area contributed by atoms with Gasteiger partial charge in [-0.15, -0.1) is 0 Å².